The minimum atomic E-state index is -1.00. The third kappa shape index (κ3) is 10.2. The van der Waals surface area contributed by atoms with Gasteiger partial charge in [0.1, 0.15) is 11.8 Å². The highest BCUT2D eigenvalue weighted by Crippen LogP contribution is 2.27. The molecule has 8 heteroatoms. The standard InChI is InChI=1S/C37H40N2O6/c1-2-3-19-35(40)39(30-15-8-5-9-16-30)26-12-27-44-31-23-20-28(21-24-31)22-25-33(36(41)42)38-32-17-10-11-18-34(32)45-37(43)29-13-6-4-7-14-29/h4-11,13-18,20-21,23-24,33,38H,2-3,12,19,22,25-27H2,1H3,(H,41,42). The molecule has 0 saturated heterocycles. The van der Waals surface area contributed by atoms with Gasteiger partial charge in [0.15, 0.2) is 5.75 Å². The fraction of sp³-hybridized carbons (Fsp3) is 0.270. The molecule has 2 N–H and O–H groups in total. The van der Waals surface area contributed by atoms with Gasteiger partial charge in [-0.1, -0.05) is 74.0 Å². The Bertz CT molecular complexity index is 1510. The number of esters is 1. The number of carboxylic acids is 1. The topological polar surface area (TPSA) is 105 Å². The zero-order valence-electron chi connectivity index (χ0n) is 25.6. The summed E-state index contributed by atoms with van der Waals surface area (Å²) in [7, 11) is 0. The molecule has 234 valence electrons. The van der Waals surface area contributed by atoms with Gasteiger partial charge in [0.25, 0.3) is 0 Å². The molecule has 0 bridgehead atoms. The normalized spacial score (nSPS) is 11.3. The van der Waals surface area contributed by atoms with Crippen molar-refractivity contribution in [2.45, 2.75) is 51.5 Å². The van der Waals surface area contributed by atoms with Crippen LogP contribution in [0.25, 0.3) is 0 Å². The summed E-state index contributed by atoms with van der Waals surface area (Å²) in [5.41, 5.74) is 2.70. The number of nitrogens with zero attached hydrogens (tertiary/aromatic N) is 1. The van der Waals surface area contributed by atoms with Crippen molar-refractivity contribution in [2.24, 2.45) is 0 Å². The summed E-state index contributed by atoms with van der Waals surface area (Å²) >= 11 is 0. The lowest BCUT2D eigenvalue weighted by Crippen LogP contribution is -2.32. The number of carbonyl (C=O) groups is 3. The summed E-state index contributed by atoms with van der Waals surface area (Å²) in [6.45, 7) is 3.11. The molecule has 1 unspecified atom stereocenters. The third-order valence-corrected chi connectivity index (χ3v) is 7.28. The average Bonchev–Trinajstić information content (AvgIpc) is 3.07. The Kier molecular flexibility index (Phi) is 12.6. The lowest BCUT2D eigenvalue weighted by molar-refractivity contribution is -0.138. The van der Waals surface area contributed by atoms with E-state index in [1.165, 1.54) is 0 Å². The van der Waals surface area contributed by atoms with Gasteiger partial charge in [-0.2, -0.15) is 0 Å². The summed E-state index contributed by atoms with van der Waals surface area (Å²) in [5.74, 6) is -0.427. The Balaban J connectivity index is 1.27. The Morgan fingerprint density at radius 2 is 1.49 bits per heavy atom. The Morgan fingerprint density at radius 3 is 2.18 bits per heavy atom. The number of unbranched alkanes of at least 4 members (excludes halogenated alkanes) is 1. The number of aryl methyl sites for hydroxylation is 1. The van der Waals surface area contributed by atoms with Gasteiger partial charge in [-0.25, -0.2) is 9.59 Å². The number of carbonyl (C=O) groups excluding carboxylic acids is 2. The van der Waals surface area contributed by atoms with E-state index >= 15 is 0 Å². The van der Waals surface area contributed by atoms with Crippen LogP contribution in [-0.2, 0) is 16.0 Å². The van der Waals surface area contributed by atoms with Crippen LogP contribution in [0, 0.1) is 0 Å². The molecule has 0 aliphatic heterocycles. The van der Waals surface area contributed by atoms with Crippen molar-refractivity contribution in [3.8, 4) is 11.5 Å². The molecule has 1 atom stereocenters. The SMILES string of the molecule is CCCCC(=O)N(CCCOc1ccc(CCC(Nc2ccccc2OC(=O)c2ccccc2)C(=O)O)cc1)c1ccccc1. The molecular weight excluding hydrogens is 568 g/mol. The number of anilines is 2. The minimum Gasteiger partial charge on any atom is -0.494 e. The average molecular weight is 609 g/mol. The zero-order chi connectivity index (χ0) is 31.9. The molecule has 4 aromatic carbocycles. The molecule has 8 nitrogen and oxygen atoms in total. The monoisotopic (exact) mass is 608 g/mol. The highest BCUT2D eigenvalue weighted by atomic mass is 16.5. The first-order chi connectivity index (χ1) is 21.9. The molecule has 0 fully saturated rings. The molecular formula is C37H40N2O6. The Hall–Kier alpha value is -5.11. The van der Waals surface area contributed by atoms with Crippen LogP contribution in [0.3, 0.4) is 0 Å². The number of ether oxygens (including phenoxy) is 2. The predicted octanol–water partition coefficient (Wildman–Crippen LogP) is 7.40. The quantitative estimate of drug-likeness (QED) is 0.0731. The van der Waals surface area contributed by atoms with Crippen LogP contribution in [0.2, 0.25) is 0 Å². The van der Waals surface area contributed by atoms with Crippen molar-refractivity contribution in [1.82, 2.24) is 0 Å². The number of hydrogen-bond donors (Lipinski definition) is 2. The maximum atomic E-state index is 12.8. The van der Waals surface area contributed by atoms with E-state index in [4.69, 9.17) is 9.47 Å². The van der Waals surface area contributed by atoms with E-state index < -0.39 is 18.0 Å². The van der Waals surface area contributed by atoms with E-state index in [0.29, 0.717) is 55.8 Å². The van der Waals surface area contributed by atoms with Crippen LogP contribution in [0.1, 0.15) is 54.9 Å². The van der Waals surface area contributed by atoms with Crippen molar-refractivity contribution < 1.29 is 29.0 Å². The second-order valence-electron chi connectivity index (χ2n) is 10.7. The van der Waals surface area contributed by atoms with Crippen LogP contribution >= 0.6 is 0 Å². The number of carboxylic acid groups (broad SMARTS) is 1. The largest absolute Gasteiger partial charge is 0.494 e. The molecule has 4 aromatic rings. The van der Waals surface area contributed by atoms with Gasteiger partial charge in [0, 0.05) is 18.7 Å². The molecule has 0 saturated carbocycles. The molecule has 1 amide bonds. The van der Waals surface area contributed by atoms with Gasteiger partial charge in [-0.3, -0.25) is 4.79 Å². The van der Waals surface area contributed by atoms with Gasteiger partial charge in [-0.15, -0.1) is 0 Å². The number of para-hydroxylation sites is 3. The van der Waals surface area contributed by atoms with Crippen molar-refractivity contribution in [3.05, 3.63) is 120 Å². The molecule has 0 spiro atoms. The van der Waals surface area contributed by atoms with Crippen molar-refractivity contribution in [1.29, 1.82) is 0 Å². The van der Waals surface area contributed by atoms with Gasteiger partial charge < -0.3 is 24.8 Å². The Labute approximate surface area is 264 Å². The van der Waals surface area contributed by atoms with Gasteiger partial charge >= 0.3 is 11.9 Å². The molecule has 0 radical (unpaired) electrons. The number of nitrogens with one attached hydrogen (secondary N) is 1. The third-order valence-electron chi connectivity index (χ3n) is 7.28. The smallest absolute Gasteiger partial charge is 0.343 e. The van der Waals surface area contributed by atoms with Gasteiger partial charge in [0.05, 0.1) is 17.9 Å². The summed E-state index contributed by atoms with van der Waals surface area (Å²) in [6.07, 6.45) is 3.88. The van der Waals surface area contributed by atoms with Crippen LogP contribution in [-0.4, -0.2) is 42.1 Å². The predicted molar refractivity (Wildman–Crippen MR) is 176 cm³/mol. The summed E-state index contributed by atoms with van der Waals surface area (Å²) in [5, 5.41) is 12.9. The number of amides is 1. The molecule has 45 heavy (non-hydrogen) atoms. The van der Waals surface area contributed by atoms with Crippen LogP contribution in [0.4, 0.5) is 11.4 Å². The first-order valence-corrected chi connectivity index (χ1v) is 15.4. The second kappa shape index (κ2) is 17.3. The van der Waals surface area contributed by atoms with Crippen molar-refractivity contribution in [2.75, 3.05) is 23.4 Å². The highest BCUT2D eigenvalue weighted by Gasteiger charge is 2.20. The zero-order valence-corrected chi connectivity index (χ0v) is 25.6. The van der Waals surface area contributed by atoms with E-state index in [1.54, 1.807) is 48.5 Å². The molecule has 0 aliphatic carbocycles. The number of benzene rings is 4. The fourth-order valence-corrected chi connectivity index (χ4v) is 4.80. The number of rotatable bonds is 17. The van der Waals surface area contributed by atoms with Gasteiger partial charge in [-0.05, 0) is 79.8 Å². The van der Waals surface area contributed by atoms with Crippen LogP contribution in [0.15, 0.2) is 109 Å². The lowest BCUT2D eigenvalue weighted by atomic mass is 10.0. The molecule has 4 rings (SSSR count). The van der Waals surface area contributed by atoms with E-state index in [9.17, 15) is 19.5 Å². The molecule has 0 aliphatic rings. The van der Waals surface area contributed by atoms with Crippen molar-refractivity contribution >= 4 is 29.2 Å². The van der Waals surface area contributed by atoms with Crippen LogP contribution < -0.4 is 19.7 Å². The second-order valence-corrected chi connectivity index (χ2v) is 10.7. The lowest BCUT2D eigenvalue weighted by Gasteiger charge is -2.23. The van der Waals surface area contributed by atoms with Crippen LogP contribution in [0.5, 0.6) is 11.5 Å². The highest BCUT2D eigenvalue weighted by molar-refractivity contribution is 5.93. The molecule has 0 aromatic heterocycles. The molecule has 0 heterocycles. The summed E-state index contributed by atoms with van der Waals surface area (Å²) in [6, 6.07) is 31.8. The first kappa shape index (κ1) is 32.8. The Morgan fingerprint density at radius 1 is 0.822 bits per heavy atom. The maximum Gasteiger partial charge on any atom is 0.343 e. The first-order valence-electron chi connectivity index (χ1n) is 15.4. The summed E-state index contributed by atoms with van der Waals surface area (Å²) < 4.78 is 11.5. The number of hydrogen-bond acceptors (Lipinski definition) is 6. The maximum absolute atomic E-state index is 12.8. The van der Waals surface area contributed by atoms with Crippen molar-refractivity contribution in [3.63, 3.8) is 0 Å². The summed E-state index contributed by atoms with van der Waals surface area (Å²) in [4.78, 5) is 39.3. The van der Waals surface area contributed by atoms with E-state index in [-0.39, 0.29) is 11.7 Å². The van der Waals surface area contributed by atoms with E-state index in [2.05, 4.69) is 12.2 Å². The fourth-order valence-electron chi connectivity index (χ4n) is 4.80. The van der Waals surface area contributed by atoms with E-state index in [0.717, 1.165) is 24.1 Å². The minimum absolute atomic E-state index is 0.123. The van der Waals surface area contributed by atoms with E-state index in [1.807, 2.05) is 65.6 Å². The van der Waals surface area contributed by atoms with Gasteiger partial charge in [0.2, 0.25) is 5.91 Å². The number of aliphatic carboxylic acids is 1.